The summed E-state index contributed by atoms with van der Waals surface area (Å²) in [6.07, 6.45) is 2.81. The van der Waals surface area contributed by atoms with E-state index in [-0.39, 0.29) is 12.5 Å². The van der Waals surface area contributed by atoms with Crippen LogP contribution in [-0.2, 0) is 6.42 Å². The number of anilines is 1. The molecule has 6 heteroatoms. The minimum absolute atomic E-state index is 0.00278. The zero-order chi connectivity index (χ0) is 17.7. The van der Waals surface area contributed by atoms with Crippen molar-refractivity contribution in [3.63, 3.8) is 0 Å². The van der Waals surface area contributed by atoms with Gasteiger partial charge in [-0.1, -0.05) is 19.1 Å². The lowest BCUT2D eigenvalue weighted by Crippen LogP contribution is -2.33. The fourth-order valence-electron chi connectivity index (χ4n) is 2.71. The average Bonchev–Trinajstić information content (AvgIpc) is 3.08. The first-order valence-electron chi connectivity index (χ1n) is 8.47. The molecule has 0 aliphatic carbocycles. The largest absolute Gasteiger partial charge is 0.489 e. The number of amides is 1. The molecule has 0 bridgehead atoms. The summed E-state index contributed by atoms with van der Waals surface area (Å²) in [4.78, 5) is 16.4. The molecule has 1 aliphatic heterocycles. The Bertz CT molecular complexity index is 728. The number of benzene rings is 1. The van der Waals surface area contributed by atoms with Crippen LogP contribution in [0.25, 0.3) is 0 Å². The zero-order valence-corrected chi connectivity index (χ0v) is 14.2. The lowest BCUT2D eigenvalue weighted by atomic mass is 10.1. The van der Waals surface area contributed by atoms with E-state index in [2.05, 4.69) is 15.6 Å². The molecule has 132 valence electrons. The van der Waals surface area contributed by atoms with Crippen molar-refractivity contribution in [2.75, 3.05) is 25.0 Å². The summed E-state index contributed by atoms with van der Waals surface area (Å²) in [5.74, 6) is 0.697. The van der Waals surface area contributed by atoms with Gasteiger partial charge in [0.25, 0.3) is 5.91 Å². The molecule has 25 heavy (non-hydrogen) atoms. The number of carbonyl (C=O) groups excluding carboxylic acids is 1. The predicted molar refractivity (Wildman–Crippen MR) is 94.8 cm³/mol. The molecule has 0 unspecified atom stereocenters. The molecule has 1 aliphatic rings. The Morgan fingerprint density at radius 1 is 1.40 bits per heavy atom. The first kappa shape index (κ1) is 17.4. The second-order valence-corrected chi connectivity index (χ2v) is 6.25. The molecule has 2 N–H and O–H groups in total. The van der Waals surface area contributed by atoms with E-state index in [1.54, 1.807) is 18.2 Å². The summed E-state index contributed by atoms with van der Waals surface area (Å²) in [7, 11) is 0. The van der Waals surface area contributed by atoms with Crippen molar-refractivity contribution in [3.05, 3.63) is 53.7 Å². The zero-order valence-electron chi connectivity index (χ0n) is 14.2. The van der Waals surface area contributed by atoms with E-state index in [4.69, 9.17) is 4.74 Å². The molecule has 3 rings (SSSR count). The monoisotopic (exact) mass is 343 g/mol. The van der Waals surface area contributed by atoms with Crippen LogP contribution in [0.15, 0.2) is 42.6 Å². The van der Waals surface area contributed by atoms with E-state index in [0.29, 0.717) is 36.6 Å². The van der Waals surface area contributed by atoms with Crippen LogP contribution in [0.3, 0.4) is 0 Å². The number of aromatic nitrogens is 1. The number of alkyl halides is 1. The second kappa shape index (κ2) is 7.61. The van der Waals surface area contributed by atoms with Gasteiger partial charge in [-0.05, 0) is 49.2 Å². The quantitative estimate of drug-likeness (QED) is 0.846. The van der Waals surface area contributed by atoms with Crippen molar-refractivity contribution in [2.24, 2.45) is 0 Å². The first-order valence-corrected chi connectivity index (χ1v) is 8.47. The third-order valence-corrected chi connectivity index (χ3v) is 4.26. The van der Waals surface area contributed by atoms with E-state index < -0.39 is 5.67 Å². The van der Waals surface area contributed by atoms with Crippen LogP contribution >= 0.6 is 0 Å². The minimum Gasteiger partial charge on any atom is -0.489 e. The van der Waals surface area contributed by atoms with Crippen LogP contribution in [-0.4, -0.2) is 36.3 Å². The van der Waals surface area contributed by atoms with Gasteiger partial charge in [-0.3, -0.25) is 4.79 Å². The van der Waals surface area contributed by atoms with E-state index in [1.165, 1.54) is 6.20 Å². The van der Waals surface area contributed by atoms with E-state index in [9.17, 15) is 9.18 Å². The maximum atomic E-state index is 14.2. The van der Waals surface area contributed by atoms with E-state index in [1.807, 2.05) is 25.1 Å². The number of rotatable bonds is 6. The summed E-state index contributed by atoms with van der Waals surface area (Å²) in [6.45, 7) is 3.02. The molecule has 2 aromatic rings. The maximum absolute atomic E-state index is 14.2. The first-order chi connectivity index (χ1) is 12.1. The van der Waals surface area contributed by atoms with Crippen molar-refractivity contribution in [2.45, 2.75) is 25.4 Å². The molecule has 0 saturated carbocycles. The molecular weight excluding hydrogens is 321 g/mol. The topological polar surface area (TPSA) is 63.2 Å². The van der Waals surface area contributed by atoms with Crippen molar-refractivity contribution in [1.82, 2.24) is 10.3 Å². The van der Waals surface area contributed by atoms with Crippen molar-refractivity contribution in [1.29, 1.82) is 0 Å². The molecule has 1 aromatic carbocycles. The molecule has 1 atom stereocenters. The number of carbonyl (C=O) groups is 1. The Kier molecular flexibility index (Phi) is 5.28. The number of nitrogens with one attached hydrogen (secondary N) is 2. The Labute approximate surface area is 146 Å². The standard InChI is InChI=1S/C19H22FN3O2/c1-2-14-4-3-5-15(10-14)18(24)23-17-7-6-16(11-22-17)25-13-19(20)8-9-21-12-19/h3-7,10-11,21H,2,8-9,12-13H2,1H3,(H,22,23,24)/t19-/m0/s1. The third-order valence-electron chi connectivity index (χ3n) is 4.26. The average molecular weight is 343 g/mol. The SMILES string of the molecule is CCc1cccc(C(=O)Nc2ccc(OC[C@]3(F)CCNC3)cn2)c1. The maximum Gasteiger partial charge on any atom is 0.256 e. The van der Waals surface area contributed by atoms with Crippen LogP contribution < -0.4 is 15.4 Å². The highest BCUT2D eigenvalue weighted by Gasteiger charge is 2.34. The summed E-state index contributed by atoms with van der Waals surface area (Å²) in [6, 6.07) is 10.8. The molecule has 2 heterocycles. The smallest absolute Gasteiger partial charge is 0.256 e. The summed E-state index contributed by atoms with van der Waals surface area (Å²) >= 11 is 0. The fourth-order valence-corrected chi connectivity index (χ4v) is 2.71. The fraction of sp³-hybridized carbons (Fsp3) is 0.368. The van der Waals surface area contributed by atoms with Crippen LogP contribution in [0.1, 0.15) is 29.3 Å². The van der Waals surface area contributed by atoms with Gasteiger partial charge in [-0.25, -0.2) is 9.37 Å². The number of pyridine rings is 1. The Balaban J connectivity index is 1.57. The molecule has 1 fully saturated rings. The van der Waals surface area contributed by atoms with Crippen molar-refractivity contribution in [3.8, 4) is 5.75 Å². The van der Waals surface area contributed by atoms with Crippen LogP contribution in [0, 0.1) is 0 Å². The lowest BCUT2D eigenvalue weighted by molar-refractivity contribution is 0.102. The normalized spacial score (nSPS) is 19.6. The third kappa shape index (κ3) is 4.54. The number of hydrogen-bond acceptors (Lipinski definition) is 4. The second-order valence-electron chi connectivity index (χ2n) is 6.25. The highest BCUT2D eigenvalue weighted by atomic mass is 19.1. The van der Waals surface area contributed by atoms with Gasteiger partial charge in [0.05, 0.1) is 6.20 Å². The molecule has 1 aromatic heterocycles. The van der Waals surface area contributed by atoms with E-state index >= 15 is 0 Å². The Morgan fingerprint density at radius 3 is 2.96 bits per heavy atom. The van der Waals surface area contributed by atoms with Gasteiger partial charge < -0.3 is 15.4 Å². The van der Waals surface area contributed by atoms with Crippen molar-refractivity contribution >= 4 is 11.7 Å². The number of ether oxygens (including phenoxy) is 1. The van der Waals surface area contributed by atoms with Gasteiger partial charge in [-0.15, -0.1) is 0 Å². The Hall–Kier alpha value is -2.47. The molecule has 0 spiro atoms. The summed E-state index contributed by atoms with van der Waals surface area (Å²) in [5, 5.41) is 5.74. The van der Waals surface area contributed by atoms with Crippen molar-refractivity contribution < 1.29 is 13.9 Å². The van der Waals surface area contributed by atoms with Gasteiger partial charge in [-0.2, -0.15) is 0 Å². The Morgan fingerprint density at radius 2 is 2.28 bits per heavy atom. The predicted octanol–water partition coefficient (Wildman–Crippen LogP) is 2.98. The highest BCUT2D eigenvalue weighted by Crippen LogP contribution is 2.22. The number of hydrogen-bond donors (Lipinski definition) is 2. The lowest BCUT2D eigenvalue weighted by Gasteiger charge is -2.18. The summed E-state index contributed by atoms with van der Waals surface area (Å²) in [5.41, 5.74) is 0.373. The molecule has 1 saturated heterocycles. The molecule has 0 radical (unpaired) electrons. The van der Waals surface area contributed by atoms with Gasteiger partial charge in [0.1, 0.15) is 18.2 Å². The van der Waals surface area contributed by atoms with Crippen LogP contribution in [0.5, 0.6) is 5.75 Å². The summed E-state index contributed by atoms with van der Waals surface area (Å²) < 4.78 is 19.7. The number of nitrogens with zero attached hydrogens (tertiary/aromatic N) is 1. The number of aryl methyl sites for hydroxylation is 1. The van der Waals surface area contributed by atoms with E-state index in [0.717, 1.165) is 12.0 Å². The van der Waals surface area contributed by atoms with Crippen LogP contribution in [0.2, 0.25) is 0 Å². The molecule has 5 nitrogen and oxygen atoms in total. The minimum atomic E-state index is -1.32. The van der Waals surface area contributed by atoms with Gasteiger partial charge in [0.2, 0.25) is 0 Å². The van der Waals surface area contributed by atoms with Gasteiger partial charge in [0.15, 0.2) is 5.67 Å². The molecule has 1 amide bonds. The van der Waals surface area contributed by atoms with Gasteiger partial charge in [0, 0.05) is 12.1 Å². The molecular formula is C19H22FN3O2. The highest BCUT2D eigenvalue weighted by molar-refractivity contribution is 6.03. The van der Waals surface area contributed by atoms with Gasteiger partial charge >= 0.3 is 0 Å². The van der Waals surface area contributed by atoms with Crippen LogP contribution in [0.4, 0.5) is 10.2 Å². The number of halogens is 1.